The van der Waals surface area contributed by atoms with Crippen LogP contribution in [0.4, 0.5) is 0 Å². The molecule has 0 unspecified atom stereocenters. The molecule has 1 amide bonds. The van der Waals surface area contributed by atoms with Gasteiger partial charge in [-0.3, -0.25) is 4.79 Å². The van der Waals surface area contributed by atoms with E-state index in [2.05, 4.69) is 17.5 Å². The molecule has 0 aromatic carbocycles. The summed E-state index contributed by atoms with van der Waals surface area (Å²) in [5.74, 6) is 0.622. The summed E-state index contributed by atoms with van der Waals surface area (Å²) in [5.41, 5.74) is 0. The van der Waals surface area contributed by atoms with Crippen LogP contribution in [0.3, 0.4) is 0 Å². The number of allylic oxidation sites excluding steroid dienone is 2. The van der Waals surface area contributed by atoms with Crippen LogP contribution in [0, 0.1) is 5.92 Å². The fraction of sp³-hybridized carbons (Fsp3) is 0.769. The Bertz CT molecular complexity index is 269. The van der Waals surface area contributed by atoms with E-state index in [1.54, 1.807) is 0 Å². The van der Waals surface area contributed by atoms with Crippen molar-refractivity contribution in [3.8, 4) is 0 Å². The van der Waals surface area contributed by atoms with Crippen molar-refractivity contribution in [1.82, 2.24) is 5.32 Å². The number of nitrogens with one attached hydrogen (secondary N) is 1. The Balaban J connectivity index is 1.71. The van der Waals surface area contributed by atoms with E-state index in [1.807, 2.05) is 6.92 Å². The molecule has 1 aliphatic carbocycles. The summed E-state index contributed by atoms with van der Waals surface area (Å²) in [6, 6.07) is 0.153. The van der Waals surface area contributed by atoms with Crippen molar-refractivity contribution in [3.63, 3.8) is 0 Å². The van der Waals surface area contributed by atoms with Gasteiger partial charge in [0, 0.05) is 13.0 Å². The highest BCUT2D eigenvalue weighted by Crippen LogP contribution is 2.20. The predicted octanol–water partition coefficient (Wildman–Crippen LogP) is 2.03. The van der Waals surface area contributed by atoms with Gasteiger partial charge in [0.05, 0.1) is 12.1 Å². The van der Waals surface area contributed by atoms with Gasteiger partial charge in [0.25, 0.3) is 0 Å². The molecule has 1 saturated heterocycles. The lowest BCUT2D eigenvalue weighted by Gasteiger charge is -2.20. The third-order valence-corrected chi connectivity index (χ3v) is 3.47. The van der Waals surface area contributed by atoms with E-state index >= 15 is 0 Å². The van der Waals surface area contributed by atoms with Crippen LogP contribution in [0.2, 0.25) is 0 Å². The molecule has 0 bridgehead atoms. The summed E-state index contributed by atoms with van der Waals surface area (Å²) < 4.78 is 5.56. The molecular formula is C13H21NO2. The molecule has 2 rings (SSSR count). The van der Waals surface area contributed by atoms with Crippen molar-refractivity contribution >= 4 is 5.91 Å². The van der Waals surface area contributed by atoms with Crippen molar-refractivity contribution in [2.75, 3.05) is 6.61 Å². The quantitative estimate of drug-likeness (QED) is 0.741. The minimum atomic E-state index is 0.153. The number of hydrogen-bond donors (Lipinski definition) is 1. The molecule has 2 aliphatic rings. The van der Waals surface area contributed by atoms with Crippen LogP contribution in [0.25, 0.3) is 0 Å². The summed E-state index contributed by atoms with van der Waals surface area (Å²) in [5, 5.41) is 3.05. The molecule has 0 aromatic rings. The first-order valence-electron chi connectivity index (χ1n) is 6.33. The highest BCUT2D eigenvalue weighted by molar-refractivity contribution is 5.76. The lowest BCUT2D eigenvalue weighted by Crippen LogP contribution is -2.41. The monoisotopic (exact) mass is 223 g/mol. The molecule has 0 radical (unpaired) electrons. The van der Waals surface area contributed by atoms with Crippen LogP contribution in [0.5, 0.6) is 0 Å². The van der Waals surface area contributed by atoms with Gasteiger partial charge in [0.2, 0.25) is 5.91 Å². The number of carbonyl (C=O) groups is 1. The molecule has 1 aliphatic heterocycles. The zero-order chi connectivity index (χ0) is 11.4. The van der Waals surface area contributed by atoms with Crippen LogP contribution in [-0.2, 0) is 9.53 Å². The van der Waals surface area contributed by atoms with Crippen LogP contribution >= 0.6 is 0 Å². The Morgan fingerprint density at radius 2 is 2.44 bits per heavy atom. The van der Waals surface area contributed by atoms with Gasteiger partial charge in [-0.25, -0.2) is 0 Å². The second-order valence-electron chi connectivity index (χ2n) is 4.88. The van der Waals surface area contributed by atoms with Crippen LogP contribution in [-0.4, -0.2) is 24.7 Å². The largest absolute Gasteiger partial charge is 0.376 e. The second kappa shape index (κ2) is 5.48. The van der Waals surface area contributed by atoms with E-state index < -0.39 is 0 Å². The van der Waals surface area contributed by atoms with Crippen LogP contribution < -0.4 is 5.32 Å². The molecule has 3 heteroatoms. The molecule has 0 saturated carbocycles. The lowest BCUT2D eigenvalue weighted by molar-refractivity contribution is -0.123. The molecule has 16 heavy (non-hydrogen) atoms. The Hall–Kier alpha value is -0.830. The smallest absolute Gasteiger partial charge is 0.220 e. The summed E-state index contributed by atoms with van der Waals surface area (Å²) >= 11 is 0. The van der Waals surface area contributed by atoms with Crippen molar-refractivity contribution in [2.24, 2.45) is 5.92 Å². The van der Waals surface area contributed by atoms with Crippen molar-refractivity contribution in [1.29, 1.82) is 0 Å². The minimum Gasteiger partial charge on any atom is -0.376 e. The topological polar surface area (TPSA) is 38.3 Å². The van der Waals surface area contributed by atoms with Crippen molar-refractivity contribution in [2.45, 2.75) is 51.2 Å². The van der Waals surface area contributed by atoms with Gasteiger partial charge in [-0.15, -0.1) is 0 Å². The summed E-state index contributed by atoms with van der Waals surface area (Å²) in [7, 11) is 0. The maximum Gasteiger partial charge on any atom is 0.220 e. The number of amides is 1. The molecule has 3 nitrogen and oxygen atoms in total. The van der Waals surface area contributed by atoms with Gasteiger partial charge in [-0.2, -0.15) is 0 Å². The van der Waals surface area contributed by atoms with Crippen molar-refractivity contribution in [3.05, 3.63) is 12.2 Å². The average Bonchev–Trinajstić information content (AvgIpc) is 2.88. The highest BCUT2D eigenvalue weighted by atomic mass is 16.5. The van der Waals surface area contributed by atoms with E-state index in [0.717, 1.165) is 32.3 Å². The van der Waals surface area contributed by atoms with E-state index in [4.69, 9.17) is 4.74 Å². The SMILES string of the molecule is C[C@H](NC(=O)C[C@@H]1C=CCC1)[C@@H]1CCCO1. The molecule has 1 heterocycles. The van der Waals surface area contributed by atoms with Gasteiger partial charge >= 0.3 is 0 Å². The maximum atomic E-state index is 11.8. The van der Waals surface area contributed by atoms with Gasteiger partial charge in [-0.05, 0) is 38.5 Å². The first-order chi connectivity index (χ1) is 7.75. The van der Waals surface area contributed by atoms with Gasteiger partial charge in [0.1, 0.15) is 0 Å². The van der Waals surface area contributed by atoms with Gasteiger partial charge in [0.15, 0.2) is 0 Å². The predicted molar refractivity (Wildman–Crippen MR) is 63.1 cm³/mol. The second-order valence-corrected chi connectivity index (χ2v) is 4.88. The molecule has 0 aromatic heterocycles. The fourth-order valence-corrected chi connectivity index (χ4v) is 2.51. The van der Waals surface area contributed by atoms with E-state index in [0.29, 0.717) is 12.3 Å². The Kier molecular flexibility index (Phi) is 3.99. The summed E-state index contributed by atoms with van der Waals surface area (Å²) in [4.78, 5) is 11.8. The van der Waals surface area contributed by atoms with Gasteiger partial charge < -0.3 is 10.1 Å². The fourth-order valence-electron chi connectivity index (χ4n) is 2.51. The molecule has 3 atom stereocenters. The number of carbonyl (C=O) groups excluding carboxylic acids is 1. The molecule has 1 N–H and O–H groups in total. The summed E-state index contributed by atoms with van der Waals surface area (Å²) in [6.07, 6.45) is 9.64. The zero-order valence-electron chi connectivity index (χ0n) is 9.95. The normalized spacial score (nSPS) is 30.6. The lowest BCUT2D eigenvalue weighted by atomic mass is 10.0. The third-order valence-electron chi connectivity index (χ3n) is 3.47. The Morgan fingerprint density at radius 3 is 3.06 bits per heavy atom. The van der Waals surface area contributed by atoms with Crippen LogP contribution in [0.1, 0.15) is 39.0 Å². The molecular weight excluding hydrogens is 202 g/mol. The van der Waals surface area contributed by atoms with E-state index in [1.165, 1.54) is 0 Å². The van der Waals surface area contributed by atoms with Gasteiger partial charge in [-0.1, -0.05) is 12.2 Å². The Morgan fingerprint density at radius 1 is 1.56 bits per heavy atom. The highest BCUT2D eigenvalue weighted by Gasteiger charge is 2.24. The first kappa shape index (κ1) is 11.6. The van der Waals surface area contributed by atoms with Crippen molar-refractivity contribution < 1.29 is 9.53 Å². The molecule has 0 spiro atoms. The number of rotatable bonds is 4. The summed E-state index contributed by atoms with van der Waals surface area (Å²) in [6.45, 7) is 2.88. The van der Waals surface area contributed by atoms with Crippen LogP contribution in [0.15, 0.2) is 12.2 Å². The van der Waals surface area contributed by atoms with E-state index in [-0.39, 0.29) is 18.1 Å². The first-order valence-corrected chi connectivity index (χ1v) is 6.33. The standard InChI is InChI=1S/C13H21NO2/c1-10(12-7-4-8-16-12)14-13(15)9-11-5-2-3-6-11/h2,5,10-12H,3-4,6-9H2,1H3,(H,14,15)/t10-,11+,12-/m0/s1. The zero-order valence-corrected chi connectivity index (χ0v) is 9.95. The maximum absolute atomic E-state index is 11.8. The minimum absolute atomic E-state index is 0.153. The average molecular weight is 223 g/mol. The number of ether oxygens (including phenoxy) is 1. The molecule has 1 fully saturated rings. The number of hydrogen-bond acceptors (Lipinski definition) is 2. The Labute approximate surface area is 97.2 Å². The molecule has 90 valence electrons. The third kappa shape index (κ3) is 3.08. The van der Waals surface area contributed by atoms with E-state index in [9.17, 15) is 4.79 Å².